The quantitative estimate of drug-likeness (QED) is 0.411. The van der Waals surface area contributed by atoms with Gasteiger partial charge in [0, 0.05) is 31.7 Å². The molecule has 0 aromatic heterocycles. The van der Waals surface area contributed by atoms with Crippen molar-refractivity contribution in [1.29, 1.82) is 0 Å². The van der Waals surface area contributed by atoms with Crippen molar-refractivity contribution in [2.75, 3.05) is 32.8 Å². The number of ether oxygens (including phenoxy) is 1. The minimum Gasteiger partial charge on any atom is -0.494 e. The van der Waals surface area contributed by atoms with E-state index in [-0.39, 0.29) is 11.9 Å². The zero-order chi connectivity index (χ0) is 25.3. The molecule has 1 saturated heterocycles. The lowest BCUT2D eigenvalue weighted by Crippen LogP contribution is -2.53. The molecule has 4 rings (SSSR count). The first-order valence-corrected chi connectivity index (χ1v) is 13.1. The van der Waals surface area contributed by atoms with Gasteiger partial charge in [0.05, 0.1) is 12.6 Å². The topological polar surface area (TPSA) is 44.8 Å². The third-order valence-electron chi connectivity index (χ3n) is 6.48. The van der Waals surface area contributed by atoms with E-state index in [0.29, 0.717) is 29.0 Å². The summed E-state index contributed by atoms with van der Waals surface area (Å²) in [6.45, 7) is 8.18. The molecule has 1 heterocycles. The molecule has 6 heteroatoms. The summed E-state index contributed by atoms with van der Waals surface area (Å²) in [4.78, 5) is 17.5. The highest BCUT2D eigenvalue weighted by Crippen LogP contribution is 2.29. The Morgan fingerprint density at radius 2 is 1.50 bits per heavy atom. The summed E-state index contributed by atoms with van der Waals surface area (Å²) in [6, 6.07) is 28.7. The van der Waals surface area contributed by atoms with Crippen LogP contribution >= 0.6 is 12.2 Å². The second-order valence-electron chi connectivity index (χ2n) is 9.57. The normalized spacial score (nSPS) is 14.2. The van der Waals surface area contributed by atoms with Gasteiger partial charge < -0.3 is 9.64 Å². The van der Waals surface area contributed by atoms with Crippen molar-refractivity contribution >= 4 is 23.2 Å². The van der Waals surface area contributed by atoms with E-state index in [4.69, 9.17) is 17.0 Å². The number of nitrogens with zero attached hydrogens (tertiary/aromatic N) is 2. The number of benzene rings is 3. The van der Waals surface area contributed by atoms with E-state index in [1.807, 2.05) is 12.1 Å². The summed E-state index contributed by atoms with van der Waals surface area (Å²) in [6.07, 6.45) is 0.974. The second kappa shape index (κ2) is 12.7. The minimum atomic E-state index is -0.205. The molecular formula is C30H35N3O2S. The predicted octanol–water partition coefficient (Wildman–Crippen LogP) is 5.53. The molecule has 3 aromatic carbocycles. The average Bonchev–Trinajstić information content (AvgIpc) is 2.90. The maximum atomic E-state index is 12.9. The van der Waals surface area contributed by atoms with Crippen LogP contribution in [0.5, 0.6) is 5.75 Å². The number of hydrogen-bond acceptors (Lipinski definition) is 4. The molecule has 3 aromatic rings. The average molecular weight is 502 g/mol. The number of piperazine rings is 1. The highest BCUT2D eigenvalue weighted by molar-refractivity contribution is 7.80. The molecule has 1 aliphatic rings. The van der Waals surface area contributed by atoms with Crippen molar-refractivity contribution in [1.82, 2.24) is 15.1 Å². The lowest BCUT2D eigenvalue weighted by atomic mass is 9.96. The van der Waals surface area contributed by atoms with Crippen LogP contribution in [0.4, 0.5) is 0 Å². The Balaban J connectivity index is 1.35. The summed E-state index contributed by atoms with van der Waals surface area (Å²) in [7, 11) is 0. The van der Waals surface area contributed by atoms with Crippen LogP contribution in [-0.2, 0) is 0 Å². The molecular weight excluding hydrogens is 466 g/mol. The Morgan fingerprint density at radius 3 is 2.08 bits per heavy atom. The maximum absolute atomic E-state index is 12.9. The minimum absolute atomic E-state index is 0.191. The number of amides is 1. The summed E-state index contributed by atoms with van der Waals surface area (Å²) in [5, 5.41) is 3.39. The molecule has 188 valence electrons. The number of nitrogens with one attached hydrogen (secondary N) is 1. The first-order valence-electron chi connectivity index (χ1n) is 12.7. The standard InChI is InChI=1S/C30H35N3O2S/c1-23(2)16-21-35-27-15-9-14-26(22-27)29(34)31-30(36)33-19-17-32(18-20-33)28(24-10-5-3-6-11-24)25-12-7-4-8-13-25/h3-15,22-23,28H,16-21H2,1-2H3,(H,31,34,36). The van der Waals surface area contributed by atoms with Crippen molar-refractivity contribution in [3.05, 3.63) is 102 Å². The van der Waals surface area contributed by atoms with Gasteiger partial charge in [-0.25, -0.2) is 0 Å². The van der Waals surface area contributed by atoms with Crippen LogP contribution in [0.25, 0.3) is 0 Å². The van der Waals surface area contributed by atoms with E-state index < -0.39 is 0 Å². The molecule has 1 amide bonds. The number of hydrogen-bond donors (Lipinski definition) is 1. The van der Waals surface area contributed by atoms with E-state index in [9.17, 15) is 4.79 Å². The van der Waals surface area contributed by atoms with E-state index in [2.05, 4.69) is 89.6 Å². The van der Waals surface area contributed by atoms with Gasteiger partial charge >= 0.3 is 0 Å². The van der Waals surface area contributed by atoms with Crippen LogP contribution in [0.2, 0.25) is 0 Å². The lowest BCUT2D eigenvalue weighted by molar-refractivity contribution is 0.0966. The third-order valence-corrected chi connectivity index (χ3v) is 6.84. The van der Waals surface area contributed by atoms with Gasteiger partial charge in [-0.15, -0.1) is 0 Å². The Hall–Kier alpha value is -3.22. The van der Waals surface area contributed by atoms with Crippen LogP contribution in [0.3, 0.4) is 0 Å². The van der Waals surface area contributed by atoms with Gasteiger partial charge in [-0.2, -0.15) is 0 Å². The van der Waals surface area contributed by atoms with Crippen LogP contribution in [0.15, 0.2) is 84.9 Å². The van der Waals surface area contributed by atoms with Crippen LogP contribution < -0.4 is 10.1 Å². The lowest BCUT2D eigenvalue weighted by Gasteiger charge is -2.40. The van der Waals surface area contributed by atoms with Gasteiger partial charge in [0.25, 0.3) is 5.91 Å². The molecule has 36 heavy (non-hydrogen) atoms. The molecule has 5 nitrogen and oxygen atoms in total. The molecule has 0 atom stereocenters. The van der Waals surface area contributed by atoms with E-state index in [0.717, 1.165) is 32.6 Å². The molecule has 0 spiro atoms. The van der Waals surface area contributed by atoms with Gasteiger partial charge in [-0.3, -0.25) is 15.0 Å². The molecule has 1 fully saturated rings. The largest absolute Gasteiger partial charge is 0.494 e. The van der Waals surface area contributed by atoms with Gasteiger partial charge in [0.2, 0.25) is 0 Å². The summed E-state index contributed by atoms with van der Waals surface area (Å²) in [5.41, 5.74) is 3.11. The van der Waals surface area contributed by atoms with Crippen molar-refractivity contribution in [3.63, 3.8) is 0 Å². The van der Waals surface area contributed by atoms with Gasteiger partial charge in [-0.05, 0) is 53.9 Å². The van der Waals surface area contributed by atoms with Crippen molar-refractivity contribution in [3.8, 4) is 5.75 Å². The Bertz CT molecular complexity index is 1090. The van der Waals surface area contributed by atoms with E-state index in [1.165, 1.54) is 11.1 Å². The van der Waals surface area contributed by atoms with Crippen LogP contribution in [0.1, 0.15) is 47.8 Å². The highest BCUT2D eigenvalue weighted by atomic mass is 32.1. The smallest absolute Gasteiger partial charge is 0.257 e. The monoisotopic (exact) mass is 501 g/mol. The fraction of sp³-hybridized carbons (Fsp3) is 0.333. The van der Waals surface area contributed by atoms with Crippen molar-refractivity contribution in [2.45, 2.75) is 26.3 Å². The van der Waals surface area contributed by atoms with E-state index in [1.54, 1.807) is 12.1 Å². The molecule has 1 N–H and O–H groups in total. The third kappa shape index (κ3) is 6.93. The van der Waals surface area contributed by atoms with Crippen LogP contribution in [-0.4, -0.2) is 53.6 Å². The molecule has 0 aliphatic carbocycles. The Labute approximate surface area is 220 Å². The van der Waals surface area contributed by atoms with Gasteiger partial charge in [-0.1, -0.05) is 80.6 Å². The first-order chi connectivity index (χ1) is 17.5. The number of carbonyl (C=O) groups excluding carboxylic acids is 1. The fourth-order valence-electron chi connectivity index (χ4n) is 4.46. The van der Waals surface area contributed by atoms with Gasteiger partial charge in [0.15, 0.2) is 5.11 Å². The Morgan fingerprint density at radius 1 is 0.889 bits per heavy atom. The summed E-state index contributed by atoms with van der Waals surface area (Å²) >= 11 is 5.62. The predicted molar refractivity (Wildman–Crippen MR) is 149 cm³/mol. The summed E-state index contributed by atoms with van der Waals surface area (Å²) in [5.74, 6) is 1.07. The van der Waals surface area contributed by atoms with Crippen molar-refractivity contribution in [2.24, 2.45) is 5.92 Å². The fourth-order valence-corrected chi connectivity index (χ4v) is 4.73. The van der Waals surface area contributed by atoms with Crippen LogP contribution in [0, 0.1) is 5.92 Å². The molecule has 0 saturated carbocycles. The van der Waals surface area contributed by atoms with Crippen molar-refractivity contribution < 1.29 is 9.53 Å². The SMILES string of the molecule is CC(C)CCOc1cccc(C(=O)NC(=S)N2CCN(C(c3ccccc3)c3ccccc3)CC2)c1. The highest BCUT2D eigenvalue weighted by Gasteiger charge is 2.27. The maximum Gasteiger partial charge on any atom is 0.257 e. The second-order valence-corrected chi connectivity index (χ2v) is 9.95. The molecule has 0 bridgehead atoms. The van der Waals surface area contributed by atoms with E-state index >= 15 is 0 Å². The number of rotatable bonds is 8. The molecule has 0 unspecified atom stereocenters. The zero-order valence-corrected chi connectivity index (χ0v) is 21.9. The number of thiocarbonyl (C=S) groups is 1. The molecule has 1 aliphatic heterocycles. The first kappa shape index (κ1) is 25.9. The zero-order valence-electron chi connectivity index (χ0n) is 21.1. The van der Waals surface area contributed by atoms with Gasteiger partial charge in [0.1, 0.15) is 5.75 Å². The number of carbonyl (C=O) groups is 1. The summed E-state index contributed by atoms with van der Waals surface area (Å²) < 4.78 is 5.81. The Kier molecular flexibility index (Phi) is 9.09. The molecule has 0 radical (unpaired) electrons.